The van der Waals surface area contributed by atoms with Crippen LogP contribution < -0.4 is 10.2 Å². The van der Waals surface area contributed by atoms with Crippen molar-refractivity contribution in [3.8, 4) is 0 Å². The number of aryl methyl sites for hydroxylation is 1. The number of anilines is 2. The Labute approximate surface area is 144 Å². The van der Waals surface area contributed by atoms with E-state index in [4.69, 9.17) is 0 Å². The number of hydrogen-bond acceptors (Lipinski definition) is 4. The van der Waals surface area contributed by atoms with Gasteiger partial charge >= 0.3 is 0 Å². The van der Waals surface area contributed by atoms with Crippen LogP contribution in [0.25, 0.3) is 0 Å². The Morgan fingerprint density at radius 1 is 1.17 bits per heavy atom. The van der Waals surface area contributed by atoms with Crippen LogP contribution in [0.15, 0.2) is 36.5 Å². The summed E-state index contributed by atoms with van der Waals surface area (Å²) in [6.45, 7) is 7.42. The summed E-state index contributed by atoms with van der Waals surface area (Å²) in [5.41, 5.74) is 5.15. The molecule has 2 aromatic rings. The third kappa shape index (κ3) is 3.88. The monoisotopic (exact) mass is 325 g/mol. The molecule has 1 aliphatic rings. The van der Waals surface area contributed by atoms with E-state index in [1.165, 1.54) is 22.4 Å². The third-order valence-corrected chi connectivity index (χ3v) is 5.16. The fourth-order valence-corrected chi connectivity index (χ4v) is 3.24. The van der Waals surface area contributed by atoms with E-state index in [0.29, 0.717) is 12.5 Å². The molecule has 4 nitrogen and oxygen atoms in total. The second-order valence-electron chi connectivity index (χ2n) is 6.73. The van der Waals surface area contributed by atoms with Gasteiger partial charge in [-0.1, -0.05) is 18.2 Å². The number of aliphatic hydroxyl groups excluding tert-OH is 1. The molecule has 1 aliphatic heterocycles. The number of hydrogen-bond donors (Lipinski definition) is 2. The standard InChI is InChI=1S/C20H27N3O/c1-15-4-3-5-18(16(15)2)12-21-20-7-6-19(13-22-20)23-10-8-17(14-24)9-11-23/h3-7,13,17,24H,8-12,14H2,1-2H3,(H,21,22). The summed E-state index contributed by atoms with van der Waals surface area (Å²) in [5.74, 6) is 1.37. The minimum Gasteiger partial charge on any atom is -0.396 e. The van der Waals surface area contributed by atoms with Gasteiger partial charge in [0.2, 0.25) is 0 Å². The van der Waals surface area contributed by atoms with E-state index in [9.17, 15) is 5.11 Å². The smallest absolute Gasteiger partial charge is 0.126 e. The van der Waals surface area contributed by atoms with Gasteiger partial charge in [0, 0.05) is 26.2 Å². The van der Waals surface area contributed by atoms with Crippen LogP contribution in [0, 0.1) is 19.8 Å². The molecule has 0 aliphatic carbocycles. The molecule has 0 unspecified atom stereocenters. The van der Waals surface area contributed by atoms with Crippen molar-refractivity contribution in [2.24, 2.45) is 5.92 Å². The second kappa shape index (κ2) is 7.67. The second-order valence-corrected chi connectivity index (χ2v) is 6.73. The van der Waals surface area contributed by atoms with E-state index >= 15 is 0 Å². The average molecular weight is 325 g/mol. The van der Waals surface area contributed by atoms with E-state index in [-0.39, 0.29) is 0 Å². The van der Waals surface area contributed by atoms with Gasteiger partial charge < -0.3 is 15.3 Å². The SMILES string of the molecule is Cc1cccc(CNc2ccc(N3CCC(CO)CC3)cn2)c1C. The average Bonchev–Trinajstić information content (AvgIpc) is 2.63. The molecule has 1 saturated heterocycles. The fraction of sp³-hybridized carbons (Fsp3) is 0.450. The van der Waals surface area contributed by atoms with E-state index in [2.05, 4.69) is 59.4 Å². The summed E-state index contributed by atoms with van der Waals surface area (Å²) in [6.07, 6.45) is 4.07. The first kappa shape index (κ1) is 16.8. The number of aliphatic hydroxyl groups is 1. The molecular weight excluding hydrogens is 298 g/mol. The molecule has 24 heavy (non-hydrogen) atoms. The summed E-state index contributed by atoms with van der Waals surface area (Å²) < 4.78 is 0. The molecule has 3 rings (SSSR count). The Morgan fingerprint density at radius 2 is 1.96 bits per heavy atom. The summed E-state index contributed by atoms with van der Waals surface area (Å²) >= 11 is 0. The fourth-order valence-electron chi connectivity index (χ4n) is 3.24. The van der Waals surface area contributed by atoms with Crippen molar-refractivity contribution in [2.45, 2.75) is 33.2 Å². The van der Waals surface area contributed by atoms with Crippen LogP contribution in [-0.4, -0.2) is 29.8 Å². The molecule has 1 aromatic carbocycles. The van der Waals surface area contributed by atoms with Gasteiger partial charge in [-0.3, -0.25) is 0 Å². The first-order chi connectivity index (χ1) is 11.7. The Morgan fingerprint density at radius 3 is 2.62 bits per heavy atom. The molecule has 4 heteroatoms. The van der Waals surface area contributed by atoms with Crippen molar-refractivity contribution in [3.63, 3.8) is 0 Å². The Balaban J connectivity index is 1.58. The predicted octanol–water partition coefficient (Wildman–Crippen LogP) is 3.52. The van der Waals surface area contributed by atoms with Crippen LogP contribution in [0.2, 0.25) is 0 Å². The maximum absolute atomic E-state index is 9.23. The van der Waals surface area contributed by atoms with Crippen molar-refractivity contribution in [1.82, 2.24) is 4.98 Å². The van der Waals surface area contributed by atoms with Crippen molar-refractivity contribution in [3.05, 3.63) is 53.2 Å². The molecule has 0 radical (unpaired) electrons. The number of rotatable bonds is 5. The van der Waals surface area contributed by atoms with E-state index in [0.717, 1.165) is 38.3 Å². The molecule has 0 amide bonds. The molecule has 1 aromatic heterocycles. The normalized spacial score (nSPS) is 15.5. The van der Waals surface area contributed by atoms with Crippen LogP contribution in [0.1, 0.15) is 29.5 Å². The highest BCUT2D eigenvalue weighted by atomic mass is 16.3. The molecule has 0 spiro atoms. The third-order valence-electron chi connectivity index (χ3n) is 5.16. The largest absolute Gasteiger partial charge is 0.396 e. The zero-order chi connectivity index (χ0) is 16.9. The Kier molecular flexibility index (Phi) is 5.36. The molecule has 1 fully saturated rings. The van der Waals surface area contributed by atoms with Crippen molar-refractivity contribution in [1.29, 1.82) is 0 Å². The van der Waals surface area contributed by atoms with Gasteiger partial charge in [-0.2, -0.15) is 0 Å². The van der Waals surface area contributed by atoms with Gasteiger partial charge in [0.15, 0.2) is 0 Å². The Hall–Kier alpha value is -2.07. The van der Waals surface area contributed by atoms with E-state index < -0.39 is 0 Å². The first-order valence-corrected chi connectivity index (χ1v) is 8.78. The van der Waals surface area contributed by atoms with Crippen LogP contribution in [-0.2, 0) is 6.54 Å². The molecule has 0 bridgehead atoms. The lowest BCUT2D eigenvalue weighted by Gasteiger charge is -2.32. The van der Waals surface area contributed by atoms with Gasteiger partial charge in [-0.25, -0.2) is 4.98 Å². The summed E-state index contributed by atoms with van der Waals surface area (Å²) in [5, 5.41) is 12.6. The van der Waals surface area contributed by atoms with Crippen molar-refractivity contribution in [2.75, 3.05) is 29.9 Å². The minimum absolute atomic E-state index is 0.313. The number of piperidine rings is 1. The maximum Gasteiger partial charge on any atom is 0.126 e. The molecule has 0 saturated carbocycles. The van der Waals surface area contributed by atoms with E-state index in [1.54, 1.807) is 0 Å². The van der Waals surface area contributed by atoms with Gasteiger partial charge in [0.05, 0.1) is 11.9 Å². The minimum atomic E-state index is 0.313. The Bertz CT molecular complexity index is 661. The zero-order valence-electron chi connectivity index (χ0n) is 14.6. The van der Waals surface area contributed by atoms with Gasteiger partial charge in [-0.15, -0.1) is 0 Å². The first-order valence-electron chi connectivity index (χ1n) is 8.78. The predicted molar refractivity (Wildman–Crippen MR) is 99.5 cm³/mol. The lowest BCUT2D eigenvalue weighted by atomic mass is 9.98. The summed E-state index contributed by atoms with van der Waals surface area (Å²) in [4.78, 5) is 6.91. The molecule has 2 N–H and O–H groups in total. The number of aromatic nitrogens is 1. The summed E-state index contributed by atoms with van der Waals surface area (Å²) in [7, 11) is 0. The number of benzene rings is 1. The highest BCUT2D eigenvalue weighted by molar-refractivity contribution is 5.50. The van der Waals surface area contributed by atoms with E-state index in [1.807, 2.05) is 6.20 Å². The topological polar surface area (TPSA) is 48.4 Å². The lowest BCUT2D eigenvalue weighted by molar-refractivity contribution is 0.203. The van der Waals surface area contributed by atoms with Gasteiger partial charge in [-0.05, 0) is 61.4 Å². The van der Waals surface area contributed by atoms with Gasteiger partial charge in [0.25, 0.3) is 0 Å². The number of pyridine rings is 1. The molecule has 2 heterocycles. The van der Waals surface area contributed by atoms with Crippen LogP contribution in [0.4, 0.5) is 11.5 Å². The maximum atomic E-state index is 9.23. The number of nitrogens with zero attached hydrogens (tertiary/aromatic N) is 2. The lowest BCUT2D eigenvalue weighted by Crippen LogP contribution is -2.34. The molecular formula is C20H27N3O. The van der Waals surface area contributed by atoms with Crippen molar-refractivity contribution >= 4 is 11.5 Å². The zero-order valence-corrected chi connectivity index (χ0v) is 14.6. The van der Waals surface area contributed by atoms with Crippen LogP contribution in [0.3, 0.4) is 0 Å². The van der Waals surface area contributed by atoms with Crippen molar-refractivity contribution < 1.29 is 5.11 Å². The summed E-state index contributed by atoms with van der Waals surface area (Å²) in [6, 6.07) is 10.6. The van der Waals surface area contributed by atoms with Crippen LogP contribution >= 0.6 is 0 Å². The highest BCUT2D eigenvalue weighted by Gasteiger charge is 2.18. The molecule has 0 atom stereocenters. The number of nitrogens with one attached hydrogen (secondary N) is 1. The highest BCUT2D eigenvalue weighted by Crippen LogP contribution is 2.23. The quantitative estimate of drug-likeness (QED) is 0.883. The molecule has 128 valence electrons. The van der Waals surface area contributed by atoms with Gasteiger partial charge in [0.1, 0.15) is 5.82 Å². The van der Waals surface area contributed by atoms with Crippen LogP contribution in [0.5, 0.6) is 0 Å².